The lowest BCUT2D eigenvalue weighted by Gasteiger charge is -2.25. The summed E-state index contributed by atoms with van der Waals surface area (Å²) in [5.41, 5.74) is 3.08. The van der Waals surface area contributed by atoms with Gasteiger partial charge in [-0.05, 0) is 52.0 Å². The monoisotopic (exact) mass is 535 g/mol. The highest BCUT2D eigenvalue weighted by atomic mass is 32.1. The predicted octanol–water partition coefficient (Wildman–Crippen LogP) is 3.66. The molecule has 2 heterocycles. The van der Waals surface area contributed by atoms with Crippen molar-refractivity contribution in [1.82, 2.24) is 4.57 Å². The maximum atomic E-state index is 13.9. The topological polar surface area (TPSA) is 82.4 Å². The fraction of sp³-hybridized carbons (Fsp3) is 0.345. The molecule has 4 rings (SSSR count). The number of allylic oxidation sites excluding steroid dienone is 1. The van der Waals surface area contributed by atoms with Crippen LogP contribution in [0.2, 0.25) is 0 Å². The number of fused-ring (bicyclic) bond motifs is 1. The molecule has 200 valence electrons. The number of hydrogen-bond acceptors (Lipinski definition) is 8. The molecule has 0 saturated carbocycles. The van der Waals surface area contributed by atoms with Crippen LogP contribution in [0.15, 0.2) is 63.5 Å². The van der Waals surface area contributed by atoms with Crippen LogP contribution in [0.4, 0.5) is 5.69 Å². The number of para-hydroxylation sites is 1. The minimum atomic E-state index is -0.740. The summed E-state index contributed by atoms with van der Waals surface area (Å²) in [5.74, 6) is 0.731. The number of ether oxygens (including phenoxy) is 3. The summed E-state index contributed by atoms with van der Waals surface area (Å²) in [6.07, 6.45) is 1.82. The molecule has 0 spiro atoms. The van der Waals surface area contributed by atoms with Crippen molar-refractivity contribution < 1.29 is 19.0 Å². The summed E-state index contributed by atoms with van der Waals surface area (Å²) in [4.78, 5) is 34.4. The van der Waals surface area contributed by atoms with Crippen molar-refractivity contribution in [1.29, 1.82) is 0 Å². The quantitative estimate of drug-likeness (QED) is 0.389. The second kappa shape index (κ2) is 11.7. The van der Waals surface area contributed by atoms with E-state index in [1.54, 1.807) is 32.6 Å². The van der Waals surface area contributed by atoms with Gasteiger partial charge in [0.1, 0.15) is 17.5 Å². The van der Waals surface area contributed by atoms with Crippen molar-refractivity contribution >= 4 is 29.1 Å². The van der Waals surface area contributed by atoms with Gasteiger partial charge in [0.05, 0.1) is 36.6 Å². The summed E-state index contributed by atoms with van der Waals surface area (Å²) < 4.78 is 18.7. The van der Waals surface area contributed by atoms with Crippen molar-refractivity contribution in [3.05, 3.63) is 84.5 Å². The molecule has 3 aromatic rings. The molecule has 9 heteroatoms. The van der Waals surface area contributed by atoms with Crippen LogP contribution in [0.25, 0.3) is 6.08 Å². The molecule has 0 radical (unpaired) electrons. The van der Waals surface area contributed by atoms with E-state index in [9.17, 15) is 9.59 Å². The van der Waals surface area contributed by atoms with Gasteiger partial charge in [-0.2, -0.15) is 0 Å². The number of nitrogens with zero attached hydrogens (tertiary/aromatic N) is 3. The summed E-state index contributed by atoms with van der Waals surface area (Å²) in [7, 11) is 3.19. The molecule has 0 bridgehead atoms. The highest BCUT2D eigenvalue weighted by molar-refractivity contribution is 7.07. The molecule has 0 amide bonds. The molecule has 0 fully saturated rings. The van der Waals surface area contributed by atoms with Gasteiger partial charge in [0.15, 0.2) is 4.80 Å². The number of anilines is 1. The largest absolute Gasteiger partial charge is 0.496 e. The Kier molecular flexibility index (Phi) is 8.36. The Labute approximate surface area is 226 Å². The second-order valence-electron chi connectivity index (χ2n) is 8.64. The number of carbonyl (C=O) groups is 1. The van der Waals surface area contributed by atoms with Crippen LogP contribution in [-0.4, -0.2) is 44.5 Å². The van der Waals surface area contributed by atoms with Gasteiger partial charge in [-0.3, -0.25) is 9.36 Å². The normalized spacial score (nSPS) is 15.1. The lowest BCUT2D eigenvalue weighted by molar-refractivity contribution is -0.139. The third kappa shape index (κ3) is 4.98. The summed E-state index contributed by atoms with van der Waals surface area (Å²) >= 11 is 1.27. The van der Waals surface area contributed by atoms with Gasteiger partial charge in [0.2, 0.25) is 0 Å². The van der Waals surface area contributed by atoms with Crippen molar-refractivity contribution in [2.75, 3.05) is 38.8 Å². The zero-order valence-corrected chi connectivity index (χ0v) is 23.4. The maximum Gasteiger partial charge on any atom is 0.338 e. The number of rotatable bonds is 9. The minimum Gasteiger partial charge on any atom is -0.496 e. The minimum absolute atomic E-state index is 0.210. The van der Waals surface area contributed by atoms with Crippen molar-refractivity contribution in [2.24, 2.45) is 4.99 Å². The highest BCUT2D eigenvalue weighted by Crippen LogP contribution is 2.35. The molecular weight excluding hydrogens is 502 g/mol. The van der Waals surface area contributed by atoms with E-state index in [2.05, 4.69) is 23.7 Å². The van der Waals surface area contributed by atoms with E-state index >= 15 is 0 Å². The Hall–Kier alpha value is -3.85. The third-order valence-corrected chi connectivity index (χ3v) is 7.57. The van der Waals surface area contributed by atoms with E-state index in [1.165, 1.54) is 11.3 Å². The first-order chi connectivity index (χ1) is 18.4. The molecule has 8 nitrogen and oxygen atoms in total. The van der Waals surface area contributed by atoms with E-state index in [4.69, 9.17) is 14.2 Å². The number of hydrogen-bond donors (Lipinski definition) is 0. The average molecular weight is 536 g/mol. The molecule has 2 aromatic carbocycles. The van der Waals surface area contributed by atoms with E-state index in [-0.39, 0.29) is 12.2 Å². The van der Waals surface area contributed by atoms with Crippen molar-refractivity contribution in [3.63, 3.8) is 0 Å². The smallest absolute Gasteiger partial charge is 0.338 e. The molecule has 1 aliphatic heterocycles. The van der Waals surface area contributed by atoms with E-state index in [0.717, 1.165) is 24.3 Å². The molecule has 0 N–H and O–H groups in total. The van der Waals surface area contributed by atoms with Crippen LogP contribution in [0.5, 0.6) is 11.5 Å². The molecule has 1 aliphatic rings. The average Bonchev–Trinajstić information content (AvgIpc) is 3.23. The first-order valence-electron chi connectivity index (χ1n) is 12.6. The van der Waals surface area contributed by atoms with Gasteiger partial charge >= 0.3 is 5.97 Å². The third-order valence-electron chi connectivity index (χ3n) is 6.58. The van der Waals surface area contributed by atoms with Gasteiger partial charge < -0.3 is 19.1 Å². The first kappa shape index (κ1) is 27.2. The van der Waals surface area contributed by atoms with E-state index in [1.807, 2.05) is 48.5 Å². The fourth-order valence-electron chi connectivity index (χ4n) is 4.72. The zero-order chi connectivity index (χ0) is 27.4. The Morgan fingerprint density at radius 1 is 1.08 bits per heavy atom. The van der Waals surface area contributed by atoms with E-state index in [0.29, 0.717) is 37.7 Å². The van der Waals surface area contributed by atoms with Crippen LogP contribution in [0, 0.1) is 0 Å². The number of carbonyl (C=O) groups excluding carboxylic acids is 1. The number of esters is 1. The first-order valence-corrected chi connectivity index (χ1v) is 13.5. The Balaban J connectivity index is 1.93. The molecule has 38 heavy (non-hydrogen) atoms. The van der Waals surface area contributed by atoms with Crippen LogP contribution in [0.3, 0.4) is 0 Å². The highest BCUT2D eigenvalue weighted by Gasteiger charge is 2.35. The molecule has 1 atom stereocenters. The van der Waals surface area contributed by atoms with Crippen LogP contribution < -0.4 is 29.3 Å². The molecule has 0 unspecified atom stereocenters. The lowest BCUT2D eigenvalue weighted by Crippen LogP contribution is -2.40. The van der Waals surface area contributed by atoms with Crippen LogP contribution >= 0.6 is 11.3 Å². The van der Waals surface area contributed by atoms with Crippen molar-refractivity contribution in [3.8, 4) is 11.5 Å². The fourth-order valence-corrected chi connectivity index (χ4v) is 5.76. The van der Waals surface area contributed by atoms with Crippen LogP contribution in [-0.2, 0) is 9.53 Å². The second-order valence-corrected chi connectivity index (χ2v) is 9.65. The molecule has 1 aromatic heterocycles. The van der Waals surface area contributed by atoms with Gasteiger partial charge in [0.25, 0.3) is 5.56 Å². The number of thiazole rings is 1. The molecule has 0 saturated heterocycles. The predicted molar refractivity (Wildman–Crippen MR) is 150 cm³/mol. The maximum absolute atomic E-state index is 13.9. The Morgan fingerprint density at radius 2 is 1.79 bits per heavy atom. The number of methoxy groups -OCH3 is 2. The van der Waals surface area contributed by atoms with Crippen molar-refractivity contribution in [2.45, 2.75) is 33.7 Å². The van der Waals surface area contributed by atoms with Gasteiger partial charge in [-0.1, -0.05) is 29.5 Å². The van der Waals surface area contributed by atoms with Crippen LogP contribution in [0.1, 0.15) is 44.9 Å². The van der Waals surface area contributed by atoms with E-state index < -0.39 is 12.0 Å². The number of aromatic nitrogens is 1. The Bertz CT molecular complexity index is 1550. The Morgan fingerprint density at radius 3 is 2.45 bits per heavy atom. The molecular formula is C29H33N3O5S. The summed E-state index contributed by atoms with van der Waals surface area (Å²) in [5, 5.41) is 0. The summed E-state index contributed by atoms with van der Waals surface area (Å²) in [6.45, 7) is 9.69. The zero-order valence-electron chi connectivity index (χ0n) is 22.6. The standard InChI is InChI=1S/C29H33N3O5S/c1-7-31(8-2)20-15-14-19(23(17-20)36-6)16-24-27(33)32-26(21-12-10-11-13-22(21)35-5)25(28(34)37-9-3)18(4)30-29(32)38-24/h10-17,26H,7-9H2,1-6H3/b24-16-/t26-/m1/s1. The van der Waals surface area contributed by atoms with Gasteiger partial charge in [-0.15, -0.1) is 0 Å². The number of benzene rings is 2. The lowest BCUT2D eigenvalue weighted by atomic mass is 9.95. The van der Waals surface area contributed by atoms with Gasteiger partial charge in [0, 0.05) is 36.0 Å². The SMILES string of the molecule is CCOC(=O)C1=C(C)N=c2s/c(=C\c3ccc(N(CC)CC)cc3OC)c(=O)n2[C@@H]1c1ccccc1OC. The molecule has 0 aliphatic carbocycles. The summed E-state index contributed by atoms with van der Waals surface area (Å²) in [6, 6.07) is 12.6. The van der Waals surface area contributed by atoms with Gasteiger partial charge in [-0.25, -0.2) is 9.79 Å².